The molecule has 0 aliphatic rings. The van der Waals surface area contributed by atoms with Crippen LogP contribution in [0.1, 0.15) is 17.3 Å². The smallest absolute Gasteiger partial charge is 0.387 e. The lowest BCUT2D eigenvalue weighted by molar-refractivity contribution is -0.0506. The molecular weight excluding hydrogens is 334 g/mol. The van der Waals surface area contributed by atoms with E-state index in [1.807, 2.05) is 0 Å². The van der Waals surface area contributed by atoms with Crippen LogP contribution < -0.4 is 10.1 Å². The minimum Gasteiger partial charge on any atom is -0.434 e. The van der Waals surface area contributed by atoms with Crippen LogP contribution in [-0.4, -0.2) is 28.7 Å². The standard InChI is InChI=1S/C12H13BrF2N4O/c1-16-9(10-11(13)17-18-19(10)2)7-5-3-4-6-8(7)20-12(14)15/h3-6,9,12,16H,1-2H3. The maximum Gasteiger partial charge on any atom is 0.387 e. The summed E-state index contributed by atoms with van der Waals surface area (Å²) in [5.41, 5.74) is 1.30. The van der Waals surface area contributed by atoms with Crippen molar-refractivity contribution in [2.75, 3.05) is 7.05 Å². The molecule has 0 spiro atoms. The van der Waals surface area contributed by atoms with Crippen LogP contribution in [0.15, 0.2) is 28.9 Å². The molecule has 1 aromatic heterocycles. The maximum atomic E-state index is 12.5. The first-order valence-corrected chi connectivity index (χ1v) is 6.60. The highest BCUT2D eigenvalue weighted by molar-refractivity contribution is 9.10. The van der Waals surface area contributed by atoms with Crippen LogP contribution in [0.2, 0.25) is 0 Å². The second-order valence-corrected chi connectivity index (χ2v) is 4.78. The molecule has 2 aromatic rings. The Morgan fingerprint density at radius 1 is 1.35 bits per heavy atom. The number of aryl methyl sites for hydroxylation is 1. The van der Waals surface area contributed by atoms with E-state index in [2.05, 4.69) is 36.3 Å². The fourth-order valence-electron chi connectivity index (χ4n) is 2.01. The Hall–Kier alpha value is -1.54. The van der Waals surface area contributed by atoms with Gasteiger partial charge in [-0.25, -0.2) is 4.68 Å². The summed E-state index contributed by atoms with van der Waals surface area (Å²) in [6, 6.07) is 6.25. The number of halogens is 3. The van der Waals surface area contributed by atoms with Gasteiger partial charge in [-0.05, 0) is 29.0 Å². The molecule has 0 fully saturated rings. The number of hydrogen-bond acceptors (Lipinski definition) is 4. The van der Waals surface area contributed by atoms with Gasteiger partial charge in [0.05, 0.1) is 11.7 Å². The van der Waals surface area contributed by atoms with Crippen LogP contribution in [0.3, 0.4) is 0 Å². The first kappa shape index (κ1) is 14.9. The molecule has 20 heavy (non-hydrogen) atoms. The summed E-state index contributed by atoms with van der Waals surface area (Å²) in [5, 5.41) is 10.9. The lowest BCUT2D eigenvalue weighted by Gasteiger charge is -2.20. The summed E-state index contributed by atoms with van der Waals surface area (Å²) < 4.78 is 31.7. The van der Waals surface area contributed by atoms with Crippen LogP contribution in [-0.2, 0) is 7.05 Å². The van der Waals surface area contributed by atoms with E-state index in [1.54, 1.807) is 37.0 Å². The van der Waals surface area contributed by atoms with Crippen molar-refractivity contribution in [3.8, 4) is 5.75 Å². The van der Waals surface area contributed by atoms with E-state index in [9.17, 15) is 8.78 Å². The highest BCUT2D eigenvalue weighted by Crippen LogP contribution is 2.32. The minimum absolute atomic E-state index is 0.120. The minimum atomic E-state index is -2.87. The van der Waals surface area contributed by atoms with Gasteiger partial charge in [0.2, 0.25) is 0 Å². The molecular formula is C12H13BrF2N4O. The van der Waals surface area contributed by atoms with E-state index in [1.165, 1.54) is 6.07 Å². The molecule has 0 amide bonds. The van der Waals surface area contributed by atoms with Crippen LogP contribution >= 0.6 is 15.9 Å². The number of ether oxygens (including phenoxy) is 1. The van der Waals surface area contributed by atoms with E-state index >= 15 is 0 Å². The molecule has 2 rings (SSSR count). The molecule has 1 aromatic carbocycles. The van der Waals surface area contributed by atoms with Crippen molar-refractivity contribution in [2.45, 2.75) is 12.7 Å². The SMILES string of the molecule is CNC(c1ccccc1OC(F)F)c1c(Br)nnn1C. The topological polar surface area (TPSA) is 52.0 Å². The van der Waals surface area contributed by atoms with Gasteiger partial charge in [0.25, 0.3) is 0 Å². The van der Waals surface area contributed by atoms with Crippen molar-refractivity contribution in [1.82, 2.24) is 20.3 Å². The number of nitrogens with one attached hydrogen (secondary N) is 1. The number of hydrogen-bond donors (Lipinski definition) is 1. The summed E-state index contributed by atoms with van der Waals surface area (Å²) >= 11 is 3.31. The van der Waals surface area contributed by atoms with Crippen molar-refractivity contribution in [3.05, 3.63) is 40.1 Å². The lowest BCUT2D eigenvalue weighted by Crippen LogP contribution is -2.22. The lowest BCUT2D eigenvalue weighted by atomic mass is 10.0. The summed E-state index contributed by atoms with van der Waals surface area (Å²) in [6.45, 7) is -2.87. The number of aromatic nitrogens is 3. The number of para-hydroxylation sites is 1. The largest absolute Gasteiger partial charge is 0.434 e. The van der Waals surface area contributed by atoms with E-state index < -0.39 is 6.61 Å². The second kappa shape index (κ2) is 6.27. The molecule has 1 atom stereocenters. The van der Waals surface area contributed by atoms with Crippen molar-refractivity contribution >= 4 is 15.9 Å². The first-order chi connectivity index (χ1) is 9.54. The number of rotatable bonds is 5. The van der Waals surface area contributed by atoms with Gasteiger partial charge >= 0.3 is 6.61 Å². The van der Waals surface area contributed by atoms with Gasteiger partial charge in [-0.2, -0.15) is 8.78 Å². The van der Waals surface area contributed by atoms with Crippen molar-refractivity contribution in [1.29, 1.82) is 0 Å². The molecule has 0 saturated heterocycles. The first-order valence-electron chi connectivity index (χ1n) is 5.80. The fourth-order valence-corrected chi connectivity index (χ4v) is 2.56. The van der Waals surface area contributed by atoms with E-state index in [4.69, 9.17) is 0 Å². The zero-order chi connectivity index (χ0) is 14.7. The molecule has 1 unspecified atom stereocenters. The Morgan fingerprint density at radius 2 is 2.05 bits per heavy atom. The number of benzene rings is 1. The third kappa shape index (κ3) is 2.96. The average Bonchev–Trinajstić information content (AvgIpc) is 2.73. The van der Waals surface area contributed by atoms with Gasteiger partial charge in [0.1, 0.15) is 5.75 Å². The van der Waals surface area contributed by atoms with Gasteiger partial charge in [-0.3, -0.25) is 0 Å². The molecule has 8 heteroatoms. The second-order valence-electron chi connectivity index (χ2n) is 4.03. The van der Waals surface area contributed by atoms with Crippen molar-refractivity contribution in [2.24, 2.45) is 7.05 Å². The van der Waals surface area contributed by atoms with E-state index in [-0.39, 0.29) is 11.8 Å². The van der Waals surface area contributed by atoms with Gasteiger partial charge in [-0.1, -0.05) is 23.4 Å². The van der Waals surface area contributed by atoms with E-state index in [0.29, 0.717) is 10.2 Å². The quantitative estimate of drug-likeness (QED) is 0.903. The molecule has 1 heterocycles. The zero-order valence-corrected chi connectivity index (χ0v) is 12.4. The average molecular weight is 347 g/mol. The van der Waals surface area contributed by atoms with E-state index in [0.717, 1.165) is 5.69 Å². The molecule has 1 N–H and O–H groups in total. The maximum absolute atomic E-state index is 12.5. The number of nitrogens with zero attached hydrogens (tertiary/aromatic N) is 3. The van der Waals surface area contributed by atoms with Gasteiger partial charge in [-0.15, -0.1) is 5.10 Å². The Morgan fingerprint density at radius 3 is 2.60 bits per heavy atom. The number of alkyl halides is 2. The predicted octanol–water partition coefficient (Wildman–Crippen LogP) is 2.49. The molecule has 0 radical (unpaired) electrons. The molecule has 0 bridgehead atoms. The van der Waals surface area contributed by atoms with Crippen LogP contribution in [0.25, 0.3) is 0 Å². The normalized spacial score (nSPS) is 12.7. The fraction of sp³-hybridized carbons (Fsp3) is 0.333. The van der Waals surface area contributed by atoms with Crippen molar-refractivity contribution < 1.29 is 13.5 Å². The Kier molecular flexibility index (Phi) is 4.66. The summed E-state index contributed by atoms with van der Waals surface area (Å²) in [4.78, 5) is 0. The van der Waals surface area contributed by atoms with Crippen LogP contribution in [0.4, 0.5) is 8.78 Å². The van der Waals surface area contributed by atoms with Crippen molar-refractivity contribution in [3.63, 3.8) is 0 Å². The Labute approximate surface area is 123 Å². The van der Waals surface area contributed by atoms with Crippen LogP contribution in [0.5, 0.6) is 5.75 Å². The molecule has 0 saturated carbocycles. The Bertz CT molecular complexity index is 571. The zero-order valence-electron chi connectivity index (χ0n) is 10.8. The van der Waals surface area contributed by atoms with Gasteiger partial charge in [0, 0.05) is 12.6 Å². The predicted molar refractivity (Wildman–Crippen MR) is 72.7 cm³/mol. The molecule has 108 valence electrons. The monoisotopic (exact) mass is 346 g/mol. The highest BCUT2D eigenvalue weighted by Gasteiger charge is 2.24. The molecule has 0 aliphatic carbocycles. The van der Waals surface area contributed by atoms with Gasteiger partial charge < -0.3 is 10.1 Å². The molecule has 0 aliphatic heterocycles. The third-order valence-corrected chi connectivity index (χ3v) is 3.40. The summed E-state index contributed by atoms with van der Waals surface area (Å²) in [7, 11) is 3.46. The van der Waals surface area contributed by atoms with Gasteiger partial charge in [0.15, 0.2) is 4.60 Å². The summed E-state index contributed by atoms with van der Waals surface area (Å²) in [6.07, 6.45) is 0. The third-order valence-electron chi connectivity index (χ3n) is 2.83. The molecule has 5 nitrogen and oxygen atoms in total. The van der Waals surface area contributed by atoms with Crippen LogP contribution in [0, 0.1) is 0 Å². The highest BCUT2D eigenvalue weighted by atomic mass is 79.9. The Balaban J connectivity index is 2.47. The summed E-state index contributed by atoms with van der Waals surface area (Å²) in [5.74, 6) is 0.120.